The zero-order valence-corrected chi connectivity index (χ0v) is 23.8. The van der Waals surface area contributed by atoms with E-state index in [-0.39, 0.29) is 69.2 Å². The fraction of sp³-hybridized carbons (Fsp3) is 0. The van der Waals surface area contributed by atoms with Crippen molar-refractivity contribution in [1.29, 1.82) is 0 Å². The average molecular weight is 560 g/mol. The van der Waals surface area contributed by atoms with Crippen LogP contribution in [-0.2, 0) is 30.1 Å². The van der Waals surface area contributed by atoms with Gasteiger partial charge in [0.1, 0.15) is 20.2 Å². The van der Waals surface area contributed by atoms with Crippen LogP contribution >= 0.6 is 46.4 Å². The second-order valence-electron chi connectivity index (χ2n) is 4.84. The molecule has 0 aliphatic carbocycles. The first-order valence-electron chi connectivity index (χ1n) is 6.22. The number of halogens is 4. The molecule has 0 saturated heterocycles. The van der Waals surface area contributed by atoms with E-state index in [4.69, 9.17) is 46.4 Å². The third kappa shape index (κ3) is 6.68. The normalized spacial score (nSPS) is 12.1. The van der Waals surface area contributed by atoms with Crippen molar-refractivity contribution in [1.82, 2.24) is 0 Å². The maximum Gasteiger partial charge on any atom is 1.00 e. The standard InChI is InChI=1S/C12H6Cl4O8S3.2Na/c13-6-3-8(15)9(4-7(6)14)25(17,18)5-1-10(26(19,20)21)12(16)11(2-5)27(22,23)24;;/h1-4H,(H,19,20,21)(H,22,23,24);;/q;2*+1/p-2. The molecule has 8 nitrogen and oxygen atoms in total. The molecular formula is C12H4Cl4Na2O8S3. The van der Waals surface area contributed by atoms with Crippen LogP contribution in [0.2, 0.25) is 20.1 Å². The molecule has 2 aromatic rings. The Morgan fingerprint density at radius 1 is 0.586 bits per heavy atom. The maximum absolute atomic E-state index is 12.8. The Labute approximate surface area is 230 Å². The van der Waals surface area contributed by atoms with Gasteiger partial charge in [-0.3, -0.25) is 0 Å². The second-order valence-corrected chi connectivity index (χ2v) is 11.1. The quantitative estimate of drug-likeness (QED) is 0.218. The molecule has 17 heteroatoms. The Hall–Kier alpha value is 1.37. The summed E-state index contributed by atoms with van der Waals surface area (Å²) in [5.41, 5.74) is 0. The van der Waals surface area contributed by atoms with E-state index in [0.29, 0.717) is 12.1 Å². The summed E-state index contributed by atoms with van der Waals surface area (Å²) in [6, 6.07) is 2.43. The van der Waals surface area contributed by atoms with Crippen molar-refractivity contribution in [3.63, 3.8) is 0 Å². The number of hydrogen-bond donors (Lipinski definition) is 0. The number of rotatable bonds is 4. The van der Waals surface area contributed by atoms with E-state index in [1.54, 1.807) is 0 Å². The number of hydrogen-bond acceptors (Lipinski definition) is 8. The first kappa shape index (κ1) is 30.4. The Kier molecular flexibility index (Phi) is 11.0. The minimum absolute atomic E-state index is 0. The molecule has 0 spiro atoms. The molecular weight excluding hydrogens is 556 g/mol. The smallest absolute Gasteiger partial charge is 0.744 e. The number of benzene rings is 2. The maximum atomic E-state index is 12.8. The van der Waals surface area contributed by atoms with Gasteiger partial charge in [0.05, 0.1) is 39.7 Å². The molecule has 2 aromatic carbocycles. The van der Waals surface area contributed by atoms with Crippen LogP contribution in [0.15, 0.2) is 43.8 Å². The molecule has 0 N–H and O–H groups in total. The van der Waals surface area contributed by atoms with Gasteiger partial charge in [-0.25, -0.2) is 25.3 Å². The van der Waals surface area contributed by atoms with Gasteiger partial charge in [0.25, 0.3) is 0 Å². The van der Waals surface area contributed by atoms with Gasteiger partial charge in [-0.05, 0) is 24.3 Å². The van der Waals surface area contributed by atoms with Gasteiger partial charge in [0, 0.05) is 0 Å². The predicted octanol–water partition coefficient (Wildman–Crippen LogP) is -3.05. The van der Waals surface area contributed by atoms with Crippen molar-refractivity contribution in [3.8, 4) is 0 Å². The Morgan fingerprint density at radius 2 is 0.966 bits per heavy atom. The van der Waals surface area contributed by atoms with E-state index in [1.807, 2.05) is 0 Å². The van der Waals surface area contributed by atoms with Gasteiger partial charge < -0.3 is 9.11 Å². The Bertz CT molecular complexity index is 1230. The van der Waals surface area contributed by atoms with E-state index in [1.165, 1.54) is 0 Å². The van der Waals surface area contributed by atoms with Gasteiger partial charge in [-0.1, -0.05) is 46.4 Å². The molecule has 29 heavy (non-hydrogen) atoms. The summed E-state index contributed by atoms with van der Waals surface area (Å²) >= 11 is 22.8. The summed E-state index contributed by atoms with van der Waals surface area (Å²) in [5.74, 6) is 0. The van der Waals surface area contributed by atoms with E-state index in [0.717, 1.165) is 12.1 Å². The summed E-state index contributed by atoms with van der Waals surface area (Å²) in [6.45, 7) is 0. The van der Waals surface area contributed by atoms with Gasteiger partial charge in [0.2, 0.25) is 9.84 Å². The van der Waals surface area contributed by atoms with Crippen LogP contribution in [0.3, 0.4) is 0 Å². The van der Waals surface area contributed by atoms with Crippen LogP contribution in [0.25, 0.3) is 0 Å². The molecule has 0 amide bonds. The van der Waals surface area contributed by atoms with Crippen molar-refractivity contribution in [2.24, 2.45) is 0 Å². The van der Waals surface area contributed by atoms with Crippen LogP contribution in [0.4, 0.5) is 0 Å². The second kappa shape index (κ2) is 10.5. The fourth-order valence-corrected chi connectivity index (χ4v) is 6.30. The summed E-state index contributed by atoms with van der Waals surface area (Å²) in [4.78, 5) is -4.52. The van der Waals surface area contributed by atoms with Gasteiger partial charge >= 0.3 is 59.1 Å². The number of sulfone groups is 1. The summed E-state index contributed by atoms with van der Waals surface area (Å²) in [5, 5.41) is -1.99. The van der Waals surface area contributed by atoms with E-state index < -0.39 is 59.7 Å². The van der Waals surface area contributed by atoms with Gasteiger partial charge in [-0.2, -0.15) is 0 Å². The molecule has 0 aliphatic heterocycles. The largest absolute Gasteiger partial charge is 1.00 e. The summed E-state index contributed by atoms with van der Waals surface area (Å²) in [6.07, 6.45) is 0. The van der Waals surface area contributed by atoms with Crippen molar-refractivity contribution in [2.45, 2.75) is 19.6 Å². The Balaban J connectivity index is 0.00000392. The van der Waals surface area contributed by atoms with Crippen molar-refractivity contribution in [3.05, 3.63) is 44.4 Å². The third-order valence-corrected chi connectivity index (χ3v) is 8.37. The fourth-order valence-electron chi connectivity index (χ4n) is 1.90. The first-order chi connectivity index (χ1) is 12.1. The molecule has 0 aromatic heterocycles. The Morgan fingerprint density at radius 3 is 1.34 bits per heavy atom. The van der Waals surface area contributed by atoms with Gasteiger partial charge in [0.15, 0.2) is 0 Å². The van der Waals surface area contributed by atoms with Crippen LogP contribution in [0.1, 0.15) is 0 Å². The molecule has 0 bridgehead atoms. The first-order valence-corrected chi connectivity index (χ1v) is 12.0. The monoisotopic (exact) mass is 558 g/mol. The molecule has 2 rings (SSSR count). The molecule has 0 unspecified atom stereocenters. The third-order valence-electron chi connectivity index (χ3n) is 3.09. The SMILES string of the molecule is O=S(=O)([O-])c1cc(S(=O)(=O)c2cc(Cl)c(Cl)cc2Cl)cc(S(=O)(=O)[O-])c1Cl.[Na+].[Na+]. The minimum atomic E-state index is -5.44. The van der Waals surface area contributed by atoms with Crippen LogP contribution in [-0.4, -0.2) is 34.4 Å². The molecule has 0 saturated carbocycles. The van der Waals surface area contributed by atoms with E-state index in [9.17, 15) is 34.4 Å². The van der Waals surface area contributed by atoms with Crippen LogP contribution in [0, 0.1) is 0 Å². The molecule has 148 valence electrons. The van der Waals surface area contributed by atoms with Gasteiger partial charge in [-0.15, -0.1) is 0 Å². The molecule has 0 atom stereocenters. The molecule has 0 aliphatic rings. The van der Waals surface area contributed by atoms with Crippen LogP contribution in [0.5, 0.6) is 0 Å². The minimum Gasteiger partial charge on any atom is -0.744 e. The molecule has 0 heterocycles. The zero-order chi connectivity index (χ0) is 20.9. The van der Waals surface area contributed by atoms with Crippen molar-refractivity contribution >= 4 is 76.5 Å². The predicted molar refractivity (Wildman–Crippen MR) is 94.3 cm³/mol. The van der Waals surface area contributed by atoms with Crippen molar-refractivity contribution in [2.75, 3.05) is 0 Å². The topological polar surface area (TPSA) is 149 Å². The van der Waals surface area contributed by atoms with E-state index >= 15 is 0 Å². The zero-order valence-electron chi connectivity index (χ0n) is 14.3. The molecule has 0 radical (unpaired) electrons. The van der Waals surface area contributed by atoms with E-state index in [2.05, 4.69) is 0 Å². The van der Waals surface area contributed by atoms with Crippen molar-refractivity contribution < 1.29 is 93.5 Å². The van der Waals surface area contributed by atoms with Crippen LogP contribution < -0.4 is 59.1 Å². The molecule has 0 fully saturated rings. The summed E-state index contributed by atoms with van der Waals surface area (Å²) in [7, 11) is -15.6. The summed E-state index contributed by atoms with van der Waals surface area (Å²) < 4.78 is 93.4. The average Bonchev–Trinajstić information content (AvgIpc) is 2.48.